The van der Waals surface area contributed by atoms with Crippen LogP contribution in [0.15, 0.2) is 42.7 Å². The topological polar surface area (TPSA) is 50.9 Å². The predicted molar refractivity (Wildman–Crippen MR) is 74.0 cm³/mol. The number of hydrogen-bond acceptors (Lipinski definition) is 3. The van der Waals surface area contributed by atoms with Gasteiger partial charge in [-0.3, -0.25) is 9.67 Å². The molecule has 0 saturated heterocycles. The van der Waals surface area contributed by atoms with Gasteiger partial charge in [0.2, 0.25) is 0 Å². The van der Waals surface area contributed by atoms with E-state index in [1.54, 1.807) is 42.3 Å². The van der Waals surface area contributed by atoms with Crippen molar-refractivity contribution in [1.29, 1.82) is 0 Å². The highest BCUT2D eigenvalue weighted by atomic mass is 35.5. The Morgan fingerprint density at radius 3 is 2.79 bits per heavy atom. The molecule has 3 aromatic rings. The molecule has 0 spiro atoms. The number of hydrogen-bond donors (Lipinski definition) is 1. The Labute approximate surface area is 115 Å². The van der Waals surface area contributed by atoms with Gasteiger partial charge in [0.15, 0.2) is 0 Å². The van der Waals surface area contributed by atoms with Gasteiger partial charge in [-0.2, -0.15) is 5.10 Å². The number of benzene rings is 1. The van der Waals surface area contributed by atoms with Crippen molar-refractivity contribution in [2.75, 3.05) is 0 Å². The van der Waals surface area contributed by atoms with Gasteiger partial charge in [-0.15, -0.1) is 0 Å². The van der Waals surface area contributed by atoms with Crippen LogP contribution in [-0.4, -0.2) is 19.9 Å². The van der Waals surface area contributed by atoms with Crippen LogP contribution in [0.1, 0.15) is 17.4 Å². The molecule has 4 nitrogen and oxygen atoms in total. The molecule has 0 aliphatic rings. The highest BCUT2D eigenvalue weighted by molar-refractivity contribution is 6.35. The fourth-order valence-electron chi connectivity index (χ4n) is 2.19. The number of aromatic nitrogens is 3. The van der Waals surface area contributed by atoms with Crippen molar-refractivity contribution in [1.82, 2.24) is 14.8 Å². The molecule has 1 N–H and O–H groups in total. The second-order valence-electron chi connectivity index (χ2n) is 4.32. The van der Waals surface area contributed by atoms with E-state index in [-0.39, 0.29) is 0 Å². The first-order valence-corrected chi connectivity index (χ1v) is 6.25. The summed E-state index contributed by atoms with van der Waals surface area (Å²) in [6.45, 7) is 0. The number of aliphatic hydroxyl groups excluding tert-OH is 1. The lowest BCUT2D eigenvalue weighted by Gasteiger charge is -2.14. The number of nitrogens with zero attached hydrogens (tertiary/aromatic N) is 3. The van der Waals surface area contributed by atoms with Crippen LogP contribution in [0.5, 0.6) is 0 Å². The maximum absolute atomic E-state index is 10.5. The first-order valence-electron chi connectivity index (χ1n) is 5.87. The van der Waals surface area contributed by atoms with Gasteiger partial charge in [-0.25, -0.2) is 0 Å². The molecule has 0 saturated carbocycles. The van der Waals surface area contributed by atoms with E-state index in [4.69, 9.17) is 11.6 Å². The van der Waals surface area contributed by atoms with Gasteiger partial charge < -0.3 is 5.11 Å². The van der Waals surface area contributed by atoms with Crippen molar-refractivity contribution >= 4 is 22.5 Å². The van der Waals surface area contributed by atoms with Crippen LogP contribution in [0, 0.1) is 0 Å². The summed E-state index contributed by atoms with van der Waals surface area (Å²) in [6.07, 6.45) is 2.57. The normalized spacial score (nSPS) is 12.8. The van der Waals surface area contributed by atoms with E-state index in [0.29, 0.717) is 16.2 Å². The summed E-state index contributed by atoms with van der Waals surface area (Å²) in [5.74, 6) is 0. The summed E-state index contributed by atoms with van der Waals surface area (Å²) in [6, 6.07) is 9.09. The van der Waals surface area contributed by atoms with E-state index >= 15 is 0 Å². The van der Waals surface area contributed by atoms with E-state index in [2.05, 4.69) is 10.1 Å². The highest BCUT2D eigenvalue weighted by Crippen LogP contribution is 2.31. The Kier molecular flexibility index (Phi) is 2.97. The average Bonchev–Trinajstić information content (AvgIpc) is 2.85. The molecule has 19 heavy (non-hydrogen) atoms. The number of pyridine rings is 1. The Hall–Kier alpha value is -1.91. The van der Waals surface area contributed by atoms with Gasteiger partial charge in [0.25, 0.3) is 0 Å². The van der Waals surface area contributed by atoms with E-state index in [9.17, 15) is 5.11 Å². The van der Waals surface area contributed by atoms with E-state index in [1.807, 2.05) is 12.1 Å². The quantitative estimate of drug-likeness (QED) is 0.781. The van der Waals surface area contributed by atoms with Crippen LogP contribution in [0.2, 0.25) is 5.02 Å². The lowest BCUT2D eigenvalue weighted by molar-refractivity contribution is 0.211. The van der Waals surface area contributed by atoms with Gasteiger partial charge in [-0.1, -0.05) is 17.7 Å². The standard InChI is InChI=1S/C14H12ClN3O/c1-18-12(6-8-17-18)14(19)10-4-5-11(15)9-3-2-7-16-13(9)10/h2-8,14,19H,1H3. The van der Waals surface area contributed by atoms with Gasteiger partial charge >= 0.3 is 0 Å². The molecule has 1 aromatic carbocycles. The molecule has 1 unspecified atom stereocenters. The number of fused-ring (bicyclic) bond motifs is 1. The number of rotatable bonds is 2. The zero-order valence-corrected chi connectivity index (χ0v) is 11.0. The molecule has 1 atom stereocenters. The molecule has 96 valence electrons. The maximum Gasteiger partial charge on any atom is 0.123 e. The molecule has 0 aliphatic heterocycles. The van der Waals surface area contributed by atoms with Gasteiger partial charge in [0.1, 0.15) is 6.10 Å². The number of aliphatic hydroxyl groups is 1. The largest absolute Gasteiger partial charge is 0.382 e. The third kappa shape index (κ3) is 1.99. The molecule has 2 aromatic heterocycles. The predicted octanol–water partition coefficient (Wildman–Crippen LogP) is 2.70. The van der Waals surface area contributed by atoms with Crippen molar-refractivity contribution in [3.63, 3.8) is 0 Å². The molecule has 3 rings (SSSR count). The van der Waals surface area contributed by atoms with Gasteiger partial charge in [0.05, 0.1) is 11.2 Å². The minimum absolute atomic E-state index is 0.629. The summed E-state index contributed by atoms with van der Waals surface area (Å²) in [7, 11) is 1.80. The summed E-state index contributed by atoms with van der Waals surface area (Å²) < 4.78 is 1.65. The molecule has 0 fully saturated rings. The van der Waals surface area contributed by atoms with Crippen LogP contribution in [0.25, 0.3) is 10.9 Å². The summed E-state index contributed by atoms with van der Waals surface area (Å²) in [5.41, 5.74) is 2.15. The molecule has 0 aliphatic carbocycles. The van der Waals surface area contributed by atoms with Crippen LogP contribution >= 0.6 is 11.6 Å². The summed E-state index contributed by atoms with van der Waals surface area (Å²) in [4.78, 5) is 4.33. The van der Waals surface area contributed by atoms with E-state index < -0.39 is 6.10 Å². The highest BCUT2D eigenvalue weighted by Gasteiger charge is 2.18. The minimum atomic E-state index is -0.776. The minimum Gasteiger partial charge on any atom is -0.382 e. The lowest BCUT2D eigenvalue weighted by atomic mass is 10.0. The first kappa shape index (κ1) is 12.1. The van der Waals surface area contributed by atoms with Crippen molar-refractivity contribution in [3.8, 4) is 0 Å². The SMILES string of the molecule is Cn1nccc1C(O)c1ccc(Cl)c2cccnc12. The zero-order chi connectivity index (χ0) is 13.4. The molecule has 0 amide bonds. The van der Waals surface area contributed by atoms with Gasteiger partial charge in [0, 0.05) is 35.4 Å². The van der Waals surface area contributed by atoms with Crippen molar-refractivity contribution < 1.29 is 5.11 Å². The molecule has 5 heteroatoms. The van der Waals surface area contributed by atoms with E-state index in [1.165, 1.54) is 0 Å². The lowest BCUT2D eigenvalue weighted by Crippen LogP contribution is -2.07. The van der Waals surface area contributed by atoms with Crippen LogP contribution < -0.4 is 0 Å². The average molecular weight is 274 g/mol. The third-order valence-corrected chi connectivity index (χ3v) is 3.51. The smallest absolute Gasteiger partial charge is 0.123 e. The van der Waals surface area contributed by atoms with Gasteiger partial charge in [-0.05, 0) is 24.3 Å². The van der Waals surface area contributed by atoms with Crippen molar-refractivity contribution in [2.24, 2.45) is 7.05 Å². The van der Waals surface area contributed by atoms with Crippen LogP contribution in [0.3, 0.4) is 0 Å². The van der Waals surface area contributed by atoms with Crippen molar-refractivity contribution in [3.05, 3.63) is 59.0 Å². The number of aryl methyl sites for hydroxylation is 1. The third-order valence-electron chi connectivity index (χ3n) is 3.18. The van der Waals surface area contributed by atoms with Crippen LogP contribution in [0.4, 0.5) is 0 Å². The second-order valence-corrected chi connectivity index (χ2v) is 4.73. The zero-order valence-electron chi connectivity index (χ0n) is 10.3. The Morgan fingerprint density at radius 1 is 1.21 bits per heavy atom. The Morgan fingerprint density at radius 2 is 2.05 bits per heavy atom. The Bertz CT molecular complexity index is 738. The first-order chi connectivity index (χ1) is 9.18. The second kappa shape index (κ2) is 4.64. The molecular formula is C14H12ClN3O. The summed E-state index contributed by atoms with van der Waals surface area (Å²) >= 11 is 6.15. The fourth-order valence-corrected chi connectivity index (χ4v) is 2.41. The summed E-state index contributed by atoms with van der Waals surface area (Å²) in [5, 5.41) is 16.0. The monoisotopic (exact) mass is 273 g/mol. The Balaban J connectivity index is 2.21. The molecule has 0 bridgehead atoms. The molecular weight excluding hydrogens is 262 g/mol. The fraction of sp³-hybridized carbons (Fsp3) is 0.143. The van der Waals surface area contributed by atoms with E-state index in [0.717, 1.165) is 10.9 Å². The van der Waals surface area contributed by atoms with Crippen molar-refractivity contribution in [2.45, 2.75) is 6.10 Å². The molecule has 0 radical (unpaired) electrons. The number of halogens is 1. The van der Waals surface area contributed by atoms with Crippen LogP contribution in [-0.2, 0) is 7.05 Å². The maximum atomic E-state index is 10.5. The molecule has 2 heterocycles.